The zero-order valence-corrected chi connectivity index (χ0v) is 10.4. The van der Waals surface area contributed by atoms with E-state index in [0.717, 1.165) is 11.1 Å². The molecule has 17 heavy (non-hydrogen) atoms. The normalized spacial score (nSPS) is 14.3. The van der Waals surface area contributed by atoms with E-state index in [9.17, 15) is 9.90 Å². The number of benzene rings is 1. The number of carboxylic acid groups (broad SMARTS) is 1. The van der Waals surface area contributed by atoms with Crippen LogP contribution in [0.3, 0.4) is 0 Å². The lowest BCUT2D eigenvalue weighted by atomic mass is 9.93. The van der Waals surface area contributed by atoms with Gasteiger partial charge in [0.1, 0.15) is 0 Å². The highest BCUT2D eigenvalue weighted by molar-refractivity contribution is 5.70. The van der Waals surface area contributed by atoms with Gasteiger partial charge in [0.05, 0.1) is 12.0 Å². The second-order valence-corrected chi connectivity index (χ2v) is 4.52. The van der Waals surface area contributed by atoms with Gasteiger partial charge in [0.15, 0.2) is 0 Å². The van der Waals surface area contributed by atoms with Gasteiger partial charge in [0, 0.05) is 0 Å². The molecule has 2 atom stereocenters. The maximum Gasteiger partial charge on any atom is 0.306 e. The first-order valence-corrected chi connectivity index (χ1v) is 5.99. The molecule has 0 spiro atoms. The van der Waals surface area contributed by atoms with Gasteiger partial charge in [-0.1, -0.05) is 36.8 Å². The molecule has 1 aromatic carbocycles. The summed E-state index contributed by atoms with van der Waals surface area (Å²) in [6.45, 7) is 3.86. The summed E-state index contributed by atoms with van der Waals surface area (Å²) in [5.41, 5.74) is 2.17. The molecule has 0 aromatic heterocycles. The summed E-state index contributed by atoms with van der Waals surface area (Å²) >= 11 is 0. The standard InChI is InChI=1S/C14H20O3/c1-3-13(15)9-12(14(16)17)8-11-6-4-10(2)5-7-11/h4-7,12-13,15H,3,8-9H2,1-2H3,(H,16,17). The number of aliphatic hydroxyl groups is 1. The molecule has 0 saturated carbocycles. The summed E-state index contributed by atoms with van der Waals surface area (Å²) in [5.74, 6) is -1.34. The lowest BCUT2D eigenvalue weighted by Gasteiger charge is -2.15. The molecule has 0 fully saturated rings. The highest BCUT2D eigenvalue weighted by Crippen LogP contribution is 2.16. The quantitative estimate of drug-likeness (QED) is 0.797. The van der Waals surface area contributed by atoms with Gasteiger partial charge < -0.3 is 10.2 Å². The maximum atomic E-state index is 11.1. The highest BCUT2D eigenvalue weighted by atomic mass is 16.4. The van der Waals surface area contributed by atoms with E-state index in [4.69, 9.17) is 5.11 Å². The molecule has 1 aromatic rings. The van der Waals surface area contributed by atoms with E-state index >= 15 is 0 Å². The van der Waals surface area contributed by atoms with Crippen LogP contribution < -0.4 is 0 Å². The van der Waals surface area contributed by atoms with Crippen LogP contribution in [0.2, 0.25) is 0 Å². The van der Waals surface area contributed by atoms with Gasteiger partial charge in [-0.2, -0.15) is 0 Å². The second kappa shape index (κ2) is 6.40. The Kier molecular flexibility index (Phi) is 5.16. The van der Waals surface area contributed by atoms with Crippen molar-refractivity contribution in [1.29, 1.82) is 0 Å². The van der Waals surface area contributed by atoms with E-state index in [2.05, 4.69) is 0 Å². The van der Waals surface area contributed by atoms with Crippen LogP contribution in [-0.4, -0.2) is 22.3 Å². The molecular formula is C14H20O3. The number of hydrogen-bond donors (Lipinski definition) is 2. The molecule has 1 rings (SSSR count). The molecule has 3 nitrogen and oxygen atoms in total. The molecule has 0 bridgehead atoms. The third kappa shape index (κ3) is 4.57. The smallest absolute Gasteiger partial charge is 0.306 e. The van der Waals surface area contributed by atoms with Crippen LogP contribution in [0.1, 0.15) is 30.9 Å². The van der Waals surface area contributed by atoms with E-state index in [1.165, 1.54) is 0 Å². The van der Waals surface area contributed by atoms with Crippen molar-refractivity contribution in [2.75, 3.05) is 0 Å². The summed E-state index contributed by atoms with van der Waals surface area (Å²) in [7, 11) is 0. The molecule has 0 saturated heterocycles. The average Bonchev–Trinajstić information content (AvgIpc) is 2.30. The fourth-order valence-corrected chi connectivity index (χ4v) is 1.78. The van der Waals surface area contributed by atoms with E-state index in [1.54, 1.807) is 0 Å². The van der Waals surface area contributed by atoms with Gasteiger partial charge in [0.25, 0.3) is 0 Å². The van der Waals surface area contributed by atoms with Gasteiger partial charge in [-0.15, -0.1) is 0 Å². The van der Waals surface area contributed by atoms with Crippen molar-refractivity contribution in [2.45, 2.75) is 39.2 Å². The number of aliphatic hydroxyl groups excluding tert-OH is 1. The van der Waals surface area contributed by atoms with Crippen LogP contribution in [0, 0.1) is 12.8 Å². The first-order valence-electron chi connectivity index (χ1n) is 5.99. The minimum absolute atomic E-state index is 0.319. The largest absolute Gasteiger partial charge is 0.481 e. The zero-order valence-electron chi connectivity index (χ0n) is 10.4. The van der Waals surface area contributed by atoms with E-state index in [1.807, 2.05) is 38.1 Å². The Balaban J connectivity index is 2.66. The number of aliphatic carboxylic acids is 1. The van der Waals surface area contributed by atoms with Gasteiger partial charge >= 0.3 is 5.97 Å². The fourth-order valence-electron chi connectivity index (χ4n) is 1.78. The van der Waals surface area contributed by atoms with Crippen molar-refractivity contribution in [3.05, 3.63) is 35.4 Å². The maximum absolute atomic E-state index is 11.1. The van der Waals surface area contributed by atoms with Gasteiger partial charge in [-0.25, -0.2) is 0 Å². The Morgan fingerprint density at radius 2 is 1.88 bits per heavy atom. The van der Waals surface area contributed by atoms with Crippen LogP contribution >= 0.6 is 0 Å². The number of carboxylic acids is 1. The van der Waals surface area contributed by atoms with Crippen LogP contribution in [0.25, 0.3) is 0 Å². The second-order valence-electron chi connectivity index (χ2n) is 4.52. The van der Waals surface area contributed by atoms with E-state index in [-0.39, 0.29) is 0 Å². The third-order valence-electron chi connectivity index (χ3n) is 2.98. The molecule has 0 aliphatic carbocycles. The summed E-state index contributed by atoms with van der Waals surface area (Å²) < 4.78 is 0. The van der Waals surface area contributed by atoms with Crippen molar-refractivity contribution in [3.8, 4) is 0 Å². The predicted molar refractivity (Wildman–Crippen MR) is 66.9 cm³/mol. The highest BCUT2D eigenvalue weighted by Gasteiger charge is 2.20. The van der Waals surface area contributed by atoms with E-state index in [0.29, 0.717) is 19.3 Å². The fraction of sp³-hybridized carbons (Fsp3) is 0.500. The molecule has 3 heteroatoms. The van der Waals surface area contributed by atoms with E-state index < -0.39 is 18.0 Å². The molecule has 0 radical (unpaired) electrons. The van der Waals surface area contributed by atoms with Crippen molar-refractivity contribution in [3.63, 3.8) is 0 Å². The lowest BCUT2D eigenvalue weighted by molar-refractivity contribution is -0.142. The topological polar surface area (TPSA) is 57.5 Å². The van der Waals surface area contributed by atoms with Crippen molar-refractivity contribution >= 4 is 5.97 Å². The first-order chi connectivity index (χ1) is 8.02. The Morgan fingerprint density at radius 1 is 1.29 bits per heavy atom. The number of hydrogen-bond acceptors (Lipinski definition) is 2. The van der Waals surface area contributed by atoms with Gasteiger partial charge in [-0.3, -0.25) is 4.79 Å². The molecular weight excluding hydrogens is 216 g/mol. The van der Waals surface area contributed by atoms with Crippen LogP contribution in [0.5, 0.6) is 0 Å². The molecule has 0 amide bonds. The average molecular weight is 236 g/mol. The Bertz CT molecular complexity index is 356. The Morgan fingerprint density at radius 3 is 2.35 bits per heavy atom. The SMILES string of the molecule is CCC(O)CC(Cc1ccc(C)cc1)C(=O)O. The summed E-state index contributed by atoms with van der Waals surface area (Å²) in [4.78, 5) is 11.1. The predicted octanol–water partition coefficient (Wildman–Crippen LogP) is 2.40. The minimum atomic E-state index is -0.835. The molecule has 2 unspecified atom stereocenters. The molecule has 0 heterocycles. The summed E-state index contributed by atoms with van der Waals surface area (Å²) in [6, 6.07) is 7.85. The number of rotatable bonds is 6. The lowest BCUT2D eigenvalue weighted by Crippen LogP contribution is -2.22. The summed E-state index contributed by atoms with van der Waals surface area (Å²) in [5, 5.41) is 18.7. The van der Waals surface area contributed by atoms with Crippen molar-refractivity contribution in [1.82, 2.24) is 0 Å². The van der Waals surface area contributed by atoms with Crippen molar-refractivity contribution in [2.24, 2.45) is 5.92 Å². The Labute approximate surface area is 102 Å². The summed E-state index contributed by atoms with van der Waals surface area (Å²) in [6.07, 6.45) is 0.867. The molecule has 94 valence electrons. The first kappa shape index (κ1) is 13.7. The van der Waals surface area contributed by atoms with Gasteiger partial charge in [0.2, 0.25) is 0 Å². The van der Waals surface area contributed by atoms with Crippen LogP contribution in [0.15, 0.2) is 24.3 Å². The number of aryl methyl sites for hydroxylation is 1. The molecule has 0 aliphatic rings. The van der Waals surface area contributed by atoms with Crippen LogP contribution in [0.4, 0.5) is 0 Å². The zero-order chi connectivity index (χ0) is 12.8. The molecule has 0 aliphatic heterocycles. The third-order valence-corrected chi connectivity index (χ3v) is 2.98. The number of carbonyl (C=O) groups is 1. The minimum Gasteiger partial charge on any atom is -0.481 e. The van der Waals surface area contributed by atoms with Crippen LogP contribution in [-0.2, 0) is 11.2 Å². The van der Waals surface area contributed by atoms with Crippen molar-refractivity contribution < 1.29 is 15.0 Å². The monoisotopic (exact) mass is 236 g/mol. The Hall–Kier alpha value is -1.35. The molecule has 2 N–H and O–H groups in total. The van der Waals surface area contributed by atoms with Gasteiger partial charge in [-0.05, 0) is 31.7 Å².